The van der Waals surface area contributed by atoms with Crippen molar-refractivity contribution in [1.82, 2.24) is 0 Å². The van der Waals surface area contributed by atoms with Crippen LogP contribution in [0.15, 0.2) is 11.3 Å². The van der Waals surface area contributed by atoms with Gasteiger partial charge in [-0.15, -0.1) is 0 Å². The maximum atomic E-state index is 12.9. The van der Waals surface area contributed by atoms with Gasteiger partial charge in [-0.05, 0) is 37.5 Å². The minimum absolute atomic E-state index is 0.258. The lowest BCUT2D eigenvalue weighted by atomic mass is 9.78. The molecule has 4 atom stereocenters. The van der Waals surface area contributed by atoms with Crippen LogP contribution in [0.2, 0.25) is 0 Å². The molecular weight excluding hydrogens is 332 g/mol. The molecule has 0 aromatic carbocycles. The lowest BCUT2D eigenvalue weighted by Crippen LogP contribution is -2.49. The maximum Gasteiger partial charge on any atom is 0.176 e. The lowest BCUT2D eigenvalue weighted by molar-refractivity contribution is -0.137. The predicted molar refractivity (Wildman–Crippen MR) is 102 cm³/mol. The van der Waals surface area contributed by atoms with E-state index in [0.29, 0.717) is 37.5 Å². The highest BCUT2D eigenvalue weighted by Gasteiger charge is 2.58. The Morgan fingerprint density at radius 3 is 2.08 bits per heavy atom. The minimum Gasteiger partial charge on any atom is -0.508 e. The number of aliphatic hydroxyl groups is 3. The molecule has 150 valence electrons. The third-order valence-corrected chi connectivity index (χ3v) is 5.57. The molecule has 4 unspecified atom stereocenters. The van der Waals surface area contributed by atoms with Gasteiger partial charge in [0.05, 0.1) is 12.0 Å². The number of allylic oxidation sites excluding steroid dienone is 1. The van der Waals surface area contributed by atoms with Gasteiger partial charge < -0.3 is 15.3 Å². The average Bonchev–Trinajstić information content (AvgIpc) is 2.76. The number of carbonyl (C=O) groups is 2. The normalized spacial score (nSPS) is 26.1. The Balaban J connectivity index is 3.29. The van der Waals surface area contributed by atoms with Crippen LogP contribution in [-0.2, 0) is 9.59 Å². The second-order valence-corrected chi connectivity index (χ2v) is 8.60. The van der Waals surface area contributed by atoms with E-state index in [9.17, 15) is 24.9 Å². The highest BCUT2D eigenvalue weighted by Crippen LogP contribution is 2.44. The van der Waals surface area contributed by atoms with E-state index in [1.165, 1.54) is 0 Å². The Labute approximate surface area is 157 Å². The Kier molecular flexibility index (Phi) is 8.03. The van der Waals surface area contributed by atoms with Crippen molar-refractivity contribution in [1.29, 1.82) is 0 Å². The summed E-state index contributed by atoms with van der Waals surface area (Å²) in [4.78, 5) is 25.6. The first-order chi connectivity index (χ1) is 12.0. The number of hydrogen-bond acceptors (Lipinski definition) is 5. The fourth-order valence-electron chi connectivity index (χ4n) is 3.48. The predicted octanol–water partition coefficient (Wildman–Crippen LogP) is 3.58. The quantitative estimate of drug-likeness (QED) is 0.512. The van der Waals surface area contributed by atoms with Crippen LogP contribution in [-0.4, -0.2) is 38.6 Å². The summed E-state index contributed by atoms with van der Waals surface area (Å²) in [5.41, 5.74) is -2.38. The summed E-state index contributed by atoms with van der Waals surface area (Å²) in [6.07, 6.45) is 1.15. The van der Waals surface area contributed by atoms with Crippen molar-refractivity contribution in [2.75, 3.05) is 0 Å². The standard InChI is InChI=1S/C21H36O5/c1-7-14(6)18(23)17-19(24)15(10-8-12(2)3)21(26,20(17)25)16(22)11-9-13(4)5/h12-16,22,25-26H,7-11H2,1-6H3. The van der Waals surface area contributed by atoms with Gasteiger partial charge in [0.1, 0.15) is 11.3 Å². The SMILES string of the molecule is CCC(C)C(=O)C1=C(O)C(O)(C(O)CCC(C)C)C(CCC(C)C)C1=O. The molecule has 1 rings (SSSR count). The van der Waals surface area contributed by atoms with Gasteiger partial charge in [0.2, 0.25) is 0 Å². The van der Waals surface area contributed by atoms with Crippen molar-refractivity contribution in [2.45, 2.75) is 85.4 Å². The fraction of sp³-hybridized carbons (Fsp3) is 0.810. The number of Topliss-reactive ketones (excluding diaryl/α,β-unsaturated/α-hetero) is 2. The second kappa shape index (κ2) is 9.14. The summed E-state index contributed by atoms with van der Waals surface area (Å²) in [7, 11) is 0. The van der Waals surface area contributed by atoms with Gasteiger partial charge in [-0.3, -0.25) is 9.59 Å². The first-order valence-corrected chi connectivity index (χ1v) is 9.90. The van der Waals surface area contributed by atoms with E-state index in [2.05, 4.69) is 0 Å². The number of carbonyl (C=O) groups excluding carboxylic acids is 2. The van der Waals surface area contributed by atoms with Crippen molar-refractivity contribution in [2.24, 2.45) is 23.7 Å². The van der Waals surface area contributed by atoms with Gasteiger partial charge in [-0.1, -0.05) is 48.0 Å². The van der Waals surface area contributed by atoms with Crippen LogP contribution in [0, 0.1) is 23.7 Å². The second-order valence-electron chi connectivity index (χ2n) is 8.60. The van der Waals surface area contributed by atoms with Crippen LogP contribution in [0.3, 0.4) is 0 Å². The molecule has 0 amide bonds. The first-order valence-electron chi connectivity index (χ1n) is 9.90. The monoisotopic (exact) mass is 368 g/mol. The number of aliphatic hydroxyl groups excluding tert-OH is 2. The molecule has 0 saturated carbocycles. The number of rotatable bonds is 10. The molecule has 5 heteroatoms. The Morgan fingerprint density at radius 1 is 1.08 bits per heavy atom. The molecule has 1 aliphatic carbocycles. The van der Waals surface area contributed by atoms with Gasteiger partial charge >= 0.3 is 0 Å². The van der Waals surface area contributed by atoms with Crippen LogP contribution in [0.5, 0.6) is 0 Å². The van der Waals surface area contributed by atoms with E-state index < -0.39 is 40.9 Å². The molecule has 1 aliphatic rings. The summed E-state index contributed by atoms with van der Waals surface area (Å²) in [6, 6.07) is 0. The Hall–Kier alpha value is -1.20. The van der Waals surface area contributed by atoms with Crippen molar-refractivity contribution in [3.05, 3.63) is 11.3 Å². The average molecular weight is 369 g/mol. The highest BCUT2D eigenvalue weighted by atomic mass is 16.4. The topological polar surface area (TPSA) is 94.8 Å². The van der Waals surface area contributed by atoms with Crippen molar-refractivity contribution in [3.63, 3.8) is 0 Å². The third-order valence-electron chi connectivity index (χ3n) is 5.57. The van der Waals surface area contributed by atoms with Crippen LogP contribution in [0.1, 0.15) is 73.6 Å². The summed E-state index contributed by atoms with van der Waals surface area (Å²) < 4.78 is 0. The van der Waals surface area contributed by atoms with E-state index in [-0.39, 0.29) is 12.0 Å². The number of hydrogen-bond donors (Lipinski definition) is 3. The van der Waals surface area contributed by atoms with Crippen LogP contribution < -0.4 is 0 Å². The third kappa shape index (κ3) is 4.55. The van der Waals surface area contributed by atoms with Gasteiger partial charge in [-0.25, -0.2) is 0 Å². The summed E-state index contributed by atoms with van der Waals surface area (Å²) in [5, 5.41) is 32.6. The minimum atomic E-state index is -2.07. The smallest absolute Gasteiger partial charge is 0.176 e. The Bertz CT molecular complexity index is 549. The van der Waals surface area contributed by atoms with Crippen LogP contribution in [0.25, 0.3) is 0 Å². The zero-order valence-electron chi connectivity index (χ0n) is 17.1. The lowest BCUT2D eigenvalue weighted by Gasteiger charge is -2.34. The highest BCUT2D eigenvalue weighted by molar-refractivity contribution is 6.24. The zero-order valence-corrected chi connectivity index (χ0v) is 17.1. The molecule has 0 aliphatic heterocycles. The molecular formula is C21H36O5. The first kappa shape index (κ1) is 22.8. The van der Waals surface area contributed by atoms with E-state index in [1.54, 1.807) is 6.92 Å². The number of ketones is 2. The van der Waals surface area contributed by atoms with Crippen LogP contribution >= 0.6 is 0 Å². The molecule has 0 spiro atoms. The largest absolute Gasteiger partial charge is 0.508 e. The van der Waals surface area contributed by atoms with Gasteiger partial charge in [0, 0.05) is 5.92 Å². The molecule has 26 heavy (non-hydrogen) atoms. The Morgan fingerprint density at radius 2 is 1.62 bits per heavy atom. The molecule has 0 fully saturated rings. The summed E-state index contributed by atoms with van der Waals surface area (Å²) in [5.74, 6) is -2.39. The summed E-state index contributed by atoms with van der Waals surface area (Å²) >= 11 is 0. The van der Waals surface area contributed by atoms with Crippen LogP contribution in [0.4, 0.5) is 0 Å². The van der Waals surface area contributed by atoms with Gasteiger partial charge in [-0.2, -0.15) is 0 Å². The molecule has 0 bridgehead atoms. The molecule has 0 radical (unpaired) electrons. The molecule has 3 N–H and O–H groups in total. The van der Waals surface area contributed by atoms with Crippen molar-refractivity contribution in [3.8, 4) is 0 Å². The maximum absolute atomic E-state index is 12.9. The molecule has 0 aromatic heterocycles. The van der Waals surface area contributed by atoms with E-state index in [1.807, 2.05) is 34.6 Å². The van der Waals surface area contributed by atoms with E-state index in [4.69, 9.17) is 0 Å². The summed E-state index contributed by atoms with van der Waals surface area (Å²) in [6.45, 7) is 11.5. The van der Waals surface area contributed by atoms with Gasteiger partial charge in [0.25, 0.3) is 0 Å². The van der Waals surface area contributed by atoms with E-state index in [0.717, 1.165) is 0 Å². The van der Waals surface area contributed by atoms with Crippen molar-refractivity contribution < 1.29 is 24.9 Å². The fourth-order valence-corrected chi connectivity index (χ4v) is 3.48. The molecule has 5 nitrogen and oxygen atoms in total. The molecule has 0 aromatic rings. The molecule has 0 heterocycles. The van der Waals surface area contributed by atoms with Crippen molar-refractivity contribution >= 4 is 11.6 Å². The molecule has 0 saturated heterocycles. The zero-order chi connectivity index (χ0) is 20.2. The van der Waals surface area contributed by atoms with E-state index >= 15 is 0 Å². The van der Waals surface area contributed by atoms with Gasteiger partial charge in [0.15, 0.2) is 17.2 Å².